The van der Waals surface area contributed by atoms with Crippen molar-refractivity contribution >= 4 is 12.1 Å². The highest BCUT2D eigenvalue weighted by Gasteiger charge is 2.10. The maximum Gasteiger partial charge on any atom is 0.277 e. The molecule has 2 rings (SSSR count). The van der Waals surface area contributed by atoms with Gasteiger partial charge in [-0.3, -0.25) is 4.79 Å². The Morgan fingerprint density at radius 3 is 2.35 bits per heavy atom. The molecule has 1 N–H and O–H groups in total. The van der Waals surface area contributed by atoms with Crippen molar-refractivity contribution in [3.8, 4) is 5.75 Å². The first-order chi connectivity index (χ1) is 12.3. The number of nitrogens with one attached hydrogen (secondary N) is 1. The van der Waals surface area contributed by atoms with Crippen molar-refractivity contribution in [3.63, 3.8) is 0 Å². The summed E-state index contributed by atoms with van der Waals surface area (Å²) in [6.07, 6.45) is 1.69. The molecular formula is C22H28N2O2. The van der Waals surface area contributed by atoms with Gasteiger partial charge >= 0.3 is 0 Å². The molecule has 26 heavy (non-hydrogen) atoms. The molecule has 4 heteroatoms. The predicted octanol–water partition coefficient (Wildman–Crippen LogP) is 4.57. The summed E-state index contributed by atoms with van der Waals surface area (Å²) in [5, 5.41) is 4.08. The van der Waals surface area contributed by atoms with Gasteiger partial charge in [0, 0.05) is 5.56 Å². The summed E-state index contributed by atoms with van der Waals surface area (Å²) >= 11 is 0. The fraction of sp³-hybridized carbons (Fsp3) is 0.364. The number of hydrazone groups is 1. The first-order valence-electron chi connectivity index (χ1n) is 8.91. The van der Waals surface area contributed by atoms with Crippen LogP contribution in [0.25, 0.3) is 0 Å². The van der Waals surface area contributed by atoms with Crippen LogP contribution in [-0.4, -0.2) is 18.7 Å². The van der Waals surface area contributed by atoms with Crippen LogP contribution in [0.2, 0.25) is 0 Å². The Bertz CT molecular complexity index is 800. The number of carbonyl (C=O) groups excluding carboxylic acids is 1. The third-order valence-electron chi connectivity index (χ3n) is 4.27. The van der Waals surface area contributed by atoms with Crippen molar-refractivity contribution in [2.75, 3.05) is 6.61 Å². The maximum atomic E-state index is 12.0. The van der Waals surface area contributed by atoms with Gasteiger partial charge in [-0.05, 0) is 61.9 Å². The lowest BCUT2D eigenvalue weighted by molar-refractivity contribution is -0.123. The lowest BCUT2D eigenvalue weighted by atomic mass is 10.0. The van der Waals surface area contributed by atoms with Crippen molar-refractivity contribution in [3.05, 3.63) is 63.7 Å². The fourth-order valence-electron chi connectivity index (χ4n) is 2.98. The van der Waals surface area contributed by atoms with Crippen LogP contribution >= 0.6 is 0 Å². The molecule has 0 bridgehead atoms. The normalized spacial score (nSPS) is 11.2. The third kappa shape index (κ3) is 5.19. The van der Waals surface area contributed by atoms with Gasteiger partial charge in [0.2, 0.25) is 0 Å². The van der Waals surface area contributed by atoms with Crippen LogP contribution in [0, 0.1) is 27.7 Å². The predicted molar refractivity (Wildman–Crippen MR) is 107 cm³/mol. The summed E-state index contributed by atoms with van der Waals surface area (Å²) in [7, 11) is 0. The van der Waals surface area contributed by atoms with Crippen molar-refractivity contribution in [1.29, 1.82) is 0 Å². The molecule has 0 atom stereocenters. The van der Waals surface area contributed by atoms with E-state index in [2.05, 4.69) is 49.5 Å². The fourth-order valence-corrected chi connectivity index (χ4v) is 2.98. The van der Waals surface area contributed by atoms with Gasteiger partial charge in [-0.1, -0.05) is 43.7 Å². The van der Waals surface area contributed by atoms with Gasteiger partial charge in [-0.25, -0.2) is 5.43 Å². The molecule has 1 amide bonds. The third-order valence-corrected chi connectivity index (χ3v) is 4.27. The number of aryl methyl sites for hydroxylation is 4. The molecule has 0 aliphatic rings. The van der Waals surface area contributed by atoms with E-state index in [1.807, 2.05) is 32.9 Å². The quantitative estimate of drug-likeness (QED) is 0.611. The first-order valence-corrected chi connectivity index (χ1v) is 8.91. The minimum absolute atomic E-state index is 0.0631. The second-order valence-corrected chi connectivity index (χ2v) is 7.09. The van der Waals surface area contributed by atoms with Gasteiger partial charge in [0.15, 0.2) is 6.61 Å². The van der Waals surface area contributed by atoms with E-state index in [-0.39, 0.29) is 12.5 Å². The number of hydrogen-bond acceptors (Lipinski definition) is 3. The Hall–Kier alpha value is -2.62. The van der Waals surface area contributed by atoms with Crippen molar-refractivity contribution in [1.82, 2.24) is 5.43 Å². The number of carbonyl (C=O) groups is 1. The van der Waals surface area contributed by atoms with Gasteiger partial charge in [-0.15, -0.1) is 0 Å². The van der Waals surface area contributed by atoms with E-state index in [0.717, 1.165) is 33.6 Å². The van der Waals surface area contributed by atoms with Crippen LogP contribution in [0.1, 0.15) is 53.1 Å². The summed E-state index contributed by atoms with van der Waals surface area (Å²) in [5.74, 6) is 0.809. The van der Waals surface area contributed by atoms with E-state index in [4.69, 9.17) is 4.74 Å². The summed E-state index contributed by atoms with van der Waals surface area (Å²) in [4.78, 5) is 12.0. The summed E-state index contributed by atoms with van der Waals surface area (Å²) in [5.41, 5.74) is 9.26. The molecule has 2 aromatic rings. The SMILES string of the molecule is Cc1cc(C)c(/C=N/NC(=O)COc2cc(C)ccc2C(C)C)c(C)c1. The van der Waals surface area contributed by atoms with Crippen molar-refractivity contribution in [2.24, 2.45) is 5.10 Å². The number of nitrogens with zero attached hydrogens (tertiary/aromatic N) is 1. The van der Waals surface area contributed by atoms with Gasteiger partial charge in [0.1, 0.15) is 5.75 Å². The standard InChI is InChI=1S/C22H28N2O2/c1-14(2)19-8-7-15(3)11-21(19)26-13-22(25)24-23-12-20-17(5)9-16(4)10-18(20)6/h7-12,14H,13H2,1-6H3,(H,24,25)/b23-12+. The van der Waals surface area contributed by atoms with Gasteiger partial charge < -0.3 is 4.74 Å². The van der Waals surface area contributed by atoms with Crippen LogP contribution in [0.15, 0.2) is 35.4 Å². The van der Waals surface area contributed by atoms with Crippen LogP contribution in [0.4, 0.5) is 0 Å². The minimum atomic E-state index is -0.278. The van der Waals surface area contributed by atoms with Crippen LogP contribution in [-0.2, 0) is 4.79 Å². The number of hydrogen-bond donors (Lipinski definition) is 1. The molecule has 0 fully saturated rings. The van der Waals surface area contributed by atoms with Crippen molar-refractivity contribution < 1.29 is 9.53 Å². The Balaban J connectivity index is 1.97. The Morgan fingerprint density at radius 2 is 1.73 bits per heavy atom. The van der Waals surface area contributed by atoms with Gasteiger partial charge in [-0.2, -0.15) is 5.10 Å². The molecule has 0 aromatic heterocycles. The van der Waals surface area contributed by atoms with E-state index in [1.54, 1.807) is 6.21 Å². The number of rotatable bonds is 6. The number of benzene rings is 2. The molecule has 4 nitrogen and oxygen atoms in total. The molecule has 138 valence electrons. The van der Waals surface area contributed by atoms with E-state index >= 15 is 0 Å². The Kier molecular flexibility index (Phi) is 6.56. The first kappa shape index (κ1) is 19.7. The zero-order chi connectivity index (χ0) is 19.3. The number of amides is 1. The molecule has 0 heterocycles. The lowest BCUT2D eigenvalue weighted by Gasteiger charge is -2.14. The van der Waals surface area contributed by atoms with E-state index in [1.165, 1.54) is 5.56 Å². The van der Waals surface area contributed by atoms with E-state index in [0.29, 0.717) is 5.92 Å². The highest BCUT2D eigenvalue weighted by Crippen LogP contribution is 2.27. The second-order valence-electron chi connectivity index (χ2n) is 7.09. The Labute approximate surface area is 156 Å². The zero-order valence-corrected chi connectivity index (χ0v) is 16.5. The maximum absolute atomic E-state index is 12.0. The molecule has 0 saturated carbocycles. The molecular weight excluding hydrogens is 324 g/mol. The monoisotopic (exact) mass is 352 g/mol. The van der Waals surface area contributed by atoms with Gasteiger partial charge in [0.25, 0.3) is 5.91 Å². The van der Waals surface area contributed by atoms with E-state index in [9.17, 15) is 4.79 Å². The van der Waals surface area contributed by atoms with Crippen LogP contribution in [0.3, 0.4) is 0 Å². The van der Waals surface area contributed by atoms with Crippen molar-refractivity contribution in [2.45, 2.75) is 47.5 Å². The molecule has 0 saturated heterocycles. The molecule has 0 spiro atoms. The largest absolute Gasteiger partial charge is 0.483 e. The summed E-state index contributed by atoms with van der Waals surface area (Å²) in [6.45, 7) is 12.3. The average molecular weight is 352 g/mol. The number of ether oxygens (including phenoxy) is 1. The molecule has 0 aliphatic heterocycles. The highest BCUT2D eigenvalue weighted by atomic mass is 16.5. The lowest BCUT2D eigenvalue weighted by Crippen LogP contribution is -2.25. The van der Waals surface area contributed by atoms with Crippen LogP contribution < -0.4 is 10.2 Å². The second kappa shape index (κ2) is 8.65. The minimum Gasteiger partial charge on any atom is -0.483 e. The molecule has 2 aromatic carbocycles. The topological polar surface area (TPSA) is 50.7 Å². The summed E-state index contributed by atoms with van der Waals surface area (Å²) < 4.78 is 5.72. The smallest absolute Gasteiger partial charge is 0.277 e. The molecule has 0 aliphatic carbocycles. The highest BCUT2D eigenvalue weighted by molar-refractivity contribution is 5.85. The summed E-state index contributed by atoms with van der Waals surface area (Å²) in [6, 6.07) is 10.3. The Morgan fingerprint density at radius 1 is 1.08 bits per heavy atom. The zero-order valence-electron chi connectivity index (χ0n) is 16.5. The molecule has 0 radical (unpaired) electrons. The van der Waals surface area contributed by atoms with Crippen LogP contribution in [0.5, 0.6) is 5.75 Å². The average Bonchev–Trinajstić information content (AvgIpc) is 2.55. The van der Waals surface area contributed by atoms with Gasteiger partial charge in [0.05, 0.1) is 6.21 Å². The molecule has 0 unspecified atom stereocenters. The van der Waals surface area contributed by atoms with E-state index < -0.39 is 0 Å².